The molecule has 0 bridgehead atoms. The molecule has 176 valence electrons. The highest BCUT2D eigenvalue weighted by Gasteiger charge is 2.37. The number of aromatic nitrogens is 3. The lowest BCUT2D eigenvalue weighted by Gasteiger charge is -2.30. The SMILES string of the molecule is CN(C1CCCCC1)S(=O)(=O)c1ccc(NC(=O)CSc2nnc(C(F)(F)F)n2C)cc1. The summed E-state index contributed by atoms with van der Waals surface area (Å²) in [4.78, 5) is 12.3. The maximum atomic E-state index is 12.9. The number of nitrogens with one attached hydrogen (secondary N) is 1. The number of hydrogen-bond acceptors (Lipinski definition) is 6. The minimum Gasteiger partial charge on any atom is -0.325 e. The molecule has 32 heavy (non-hydrogen) atoms. The first-order valence-electron chi connectivity index (χ1n) is 9.97. The number of rotatable bonds is 7. The van der Waals surface area contributed by atoms with Crippen LogP contribution in [0.4, 0.5) is 18.9 Å². The van der Waals surface area contributed by atoms with Gasteiger partial charge in [0.15, 0.2) is 5.16 Å². The van der Waals surface area contributed by atoms with Crippen LogP contribution in [0.15, 0.2) is 34.3 Å². The zero-order valence-electron chi connectivity index (χ0n) is 17.6. The smallest absolute Gasteiger partial charge is 0.325 e. The number of alkyl halides is 3. The van der Waals surface area contributed by atoms with Crippen LogP contribution in [0.1, 0.15) is 37.9 Å². The molecular weight excluding hydrogens is 467 g/mol. The number of halogens is 3. The van der Waals surface area contributed by atoms with Crippen LogP contribution in [0.3, 0.4) is 0 Å². The minimum absolute atomic E-state index is 0.0105. The summed E-state index contributed by atoms with van der Waals surface area (Å²) in [6.07, 6.45) is 0.209. The van der Waals surface area contributed by atoms with E-state index in [4.69, 9.17) is 0 Å². The first-order chi connectivity index (χ1) is 15.0. The molecular formula is C19H24F3N5O3S2. The number of sulfonamides is 1. The van der Waals surface area contributed by atoms with Gasteiger partial charge in [-0.25, -0.2) is 8.42 Å². The van der Waals surface area contributed by atoms with E-state index >= 15 is 0 Å². The van der Waals surface area contributed by atoms with E-state index in [9.17, 15) is 26.4 Å². The molecule has 0 unspecified atom stereocenters. The minimum atomic E-state index is -4.63. The maximum absolute atomic E-state index is 12.9. The number of amides is 1. The van der Waals surface area contributed by atoms with Crippen LogP contribution in [0.5, 0.6) is 0 Å². The van der Waals surface area contributed by atoms with Gasteiger partial charge in [-0.05, 0) is 37.1 Å². The van der Waals surface area contributed by atoms with Crippen molar-refractivity contribution in [3.8, 4) is 0 Å². The van der Waals surface area contributed by atoms with Crippen molar-refractivity contribution in [2.24, 2.45) is 7.05 Å². The lowest BCUT2D eigenvalue weighted by molar-refractivity contribution is -0.147. The zero-order valence-corrected chi connectivity index (χ0v) is 19.2. The Balaban J connectivity index is 1.58. The number of benzene rings is 1. The first kappa shape index (κ1) is 24.5. The Morgan fingerprint density at radius 3 is 2.38 bits per heavy atom. The van der Waals surface area contributed by atoms with Crippen LogP contribution in [-0.4, -0.2) is 52.2 Å². The Bertz CT molecular complexity index is 1050. The number of nitrogens with zero attached hydrogens (tertiary/aromatic N) is 4. The quantitative estimate of drug-likeness (QED) is 0.596. The highest BCUT2D eigenvalue weighted by molar-refractivity contribution is 7.99. The van der Waals surface area contributed by atoms with Gasteiger partial charge in [0.05, 0.1) is 10.6 Å². The second kappa shape index (κ2) is 9.79. The van der Waals surface area contributed by atoms with Crippen molar-refractivity contribution in [3.63, 3.8) is 0 Å². The molecule has 0 radical (unpaired) electrons. The van der Waals surface area contributed by atoms with Crippen molar-refractivity contribution in [1.29, 1.82) is 0 Å². The van der Waals surface area contributed by atoms with Gasteiger partial charge >= 0.3 is 6.18 Å². The number of anilines is 1. The van der Waals surface area contributed by atoms with Crippen molar-refractivity contribution in [3.05, 3.63) is 30.1 Å². The van der Waals surface area contributed by atoms with Crippen LogP contribution in [0.2, 0.25) is 0 Å². The van der Waals surface area contributed by atoms with E-state index < -0.39 is 27.9 Å². The van der Waals surface area contributed by atoms with Gasteiger partial charge in [0.25, 0.3) is 0 Å². The first-order valence-corrected chi connectivity index (χ1v) is 12.4. The van der Waals surface area contributed by atoms with E-state index in [1.54, 1.807) is 7.05 Å². The van der Waals surface area contributed by atoms with Crippen molar-refractivity contribution in [1.82, 2.24) is 19.1 Å². The van der Waals surface area contributed by atoms with E-state index in [-0.39, 0.29) is 21.8 Å². The van der Waals surface area contributed by atoms with E-state index in [1.165, 1.54) is 35.6 Å². The molecule has 0 spiro atoms. The summed E-state index contributed by atoms with van der Waals surface area (Å²) >= 11 is 0.813. The maximum Gasteiger partial charge on any atom is 0.451 e. The number of thioether (sulfide) groups is 1. The van der Waals surface area contributed by atoms with E-state index in [0.29, 0.717) is 5.69 Å². The second-order valence-electron chi connectivity index (χ2n) is 7.54. The van der Waals surface area contributed by atoms with Gasteiger partial charge in [0.1, 0.15) is 0 Å². The van der Waals surface area contributed by atoms with Crippen LogP contribution in [0, 0.1) is 0 Å². The molecule has 1 aromatic carbocycles. The molecule has 8 nitrogen and oxygen atoms in total. The second-order valence-corrected chi connectivity index (χ2v) is 10.5. The molecule has 0 aliphatic heterocycles. The predicted molar refractivity (Wildman–Crippen MR) is 114 cm³/mol. The fraction of sp³-hybridized carbons (Fsp3) is 0.526. The topological polar surface area (TPSA) is 97.2 Å². The third-order valence-electron chi connectivity index (χ3n) is 5.32. The van der Waals surface area contributed by atoms with Crippen LogP contribution in [-0.2, 0) is 28.0 Å². The average molecular weight is 492 g/mol. The Labute approximate surface area is 188 Å². The summed E-state index contributed by atoms with van der Waals surface area (Å²) in [6, 6.07) is 5.80. The Kier molecular flexibility index (Phi) is 7.50. The Hall–Kier alpha value is -2.12. The fourth-order valence-electron chi connectivity index (χ4n) is 3.53. The molecule has 1 amide bonds. The van der Waals surface area contributed by atoms with E-state index in [0.717, 1.165) is 48.4 Å². The summed E-state index contributed by atoms with van der Waals surface area (Å²) in [6.45, 7) is 0. The summed E-state index contributed by atoms with van der Waals surface area (Å²) in [7, 11) is -0.873. The number of carbonyl (C=O) groups excluding carboxylic acids is 1. The van der Waals surface area contributed by atoms with Gasteiger partial charge in [-0.2, -0.15) is 17.5 Å². The molecule has 2 aromatic rings. The van der Waals surface area contributed by atoms with Gasteiger partial charge in [0.2, 0.25) is 21.8 Å². The molecule has 1 N–H and O–H groups in total. The summed E-state index contributed by atoms with van der Waals surface area (Å²) in [5.74, 6) is -1.80. The fourth-order valence-corrected chi connectivity index (χ4v) is 5.66. The lowest BCUT2D eigenvalue weighted by atomic mass is 9.96. The van der Waals surface area contributed by atoms with E-state index in [2.05, 4.69) is 15.5 Å². The largest absolute Gasteiger partial charge is 0.451 e. The Morgan fingerprint density at radius 2 is 1.81 bits per heavy atom. The molecule has 1 aliphatic rings. The zero-order chi connectivity index (χ0) is 23.5. The van der Waals surface area contributed by atoms with Gasteiger partial charge in [-0.1, -0.05) is 31.0 Å². The third-order valence-corrected chi connectivity index (χ3v) is 8.27. The van der Waals surface area contributed by atoms with Gasteiger partial charge in [0, 0.05) is 25.8 Å². The monoisotopic (exact) mass is 491 g/mol. The molecule has 1 heterocycles. The van der Waals surface area contributed by atoms with Crippen molar-refractivity contribution in [2.45, 2.75) is 54.4 Å². The van der Waals surface area contributed by atoms with Crippen molar-refractivity contribution < 1.29 is 26.4 Å². The summed E-state index contributed by atoms with van der Waals surface area (Å²) in [5.41, 5.74) is 0.379. The average Bonchev–Trinajstić information content (AvgIpc) is 3.13. The number of hydrogen-bond donors (Lipinski definition) is 1. The van der Waals surface area contributed by atoms with Crippen molar-refractivity contribution >= 4 is 33.4 Å². The van der Waals surface area contributed by atoms with Crippen LogP contribution < -0.4 is 5.32 Å². The van der Waals surface area contributed by atoms with Crippen LogP contribution in [0.25, 0.3) is 0 Å². The molecule has 0 atom stereocenters. The molecule has 1 fully saturated rings. The molecule has 1 aromatic heterocycles. The Morgan fingerprint density at radius 1 is 1.19 bits per heavy atom. The third kappa shape index (κ3) is 5.62. The molecule has 3 rings (SSSR count). The van der Waals surface area contributed by atoms with Gasteiger partial charge in [-0.3, -0.25) is 4.79 Å². The summed E-state index contributed by atoms with van der Waals surface area (Å²) in [5, 5.41) is 9.11. The highest BCUT2D eigenvalue weighted by atomic mass is 32.2. The van der Waals surface area contributed by atoms with E-state index in [1.807, 2.05) is 0 Å². The van der Waals surface area contributed by atoms with Crippen LogP contribution >= 0.6 is 11.8 Å². The highest BCUT2D eigenvalue weighted by Crippen LogP contribution is 2.30. The molecule has 1 saturated carbocycles. The molecule has 0 saturated heterocycles. The normalized spacial score (nSPS) is 15.8. The van der Waals surface area contributed by atoms with Gasteiger partial charge in [-0.15, -0.1) is 10.2 Å². The standard InChI is InChI=1S/C19H24F3N5O3S2/c1-26-17(19(20,21)22)24-25-18(26)31-12-16(28)23-13-8-10-15(11-9-13)32(29,30)27(2)14-6-4-3-5-7-14/h8-11,14H,3-7,12H2,1-2H3,(H,23,28). The van der Waals surface area contributed by atoms with Gasteiger partial charge < -0.3 is 9.88 Å². The number of carbonyl (C=O) groups is 1. The summed E-state index contributed by atoms with van der Waals surface area (Å²) < 4.78 is 66.2. The predicted octanol–water partition coefficient (Wildman–Crippen LogP) is 3.52. The lowest BCUT2D eigenvalue weighted by Crippen LogP contribution is -2.38. The molecule has 13 heteroatoms. The van der Waals surface area contributed by atoms with Crippen molar-refractivity contribution in [2.75, 3.05) is 18.1 Å². The molecule has 1 aliphatic carbocycles.